The van der Waals surface area contributed by atoms with E-state index in [1.807, 2.05) is 6.92 Å². The van der Waals surface area contributed by atoms with Crippen LogP contribution in [0.5, 0.6) is 0 Å². The standard InChI is InChI=1S/C9H20O.C3H8/c1-5-10-8-6-7-9(2,3)4;1-3-2/h5-8H2,1-4H3;3H2,1-2H3. The van der Waals surface area contributed by atoms with Gasteiger partial charge in [0.1, 0.15) is 0 Å². The van der Waals surface area contributed by atoms with Gasteiger partial charge in [-0.05, 0) is 25.2 Å². The Labute approximate surface area is 84.9 Å². The summed E-state index contributed by atoms with van der Waals surface area (Å²) in [6.07, 6.45) is 3.70. The van der Waals surface area contributed by atoms with E-state index in [2.05, 4.69) is 34.6 Å². The third kappa shape index (κ3) is 24.5. The van der Waals surface area contributed by atoms with Crippen molar-refractivity contribution >= 4 is 0 Å². The summed E-state index contributed by atoms with van der Waals surface area (Å²) < 4.78 is 5.23. The van der Waals surface area contributed by atoms with Crippen molar-refractivity contribution in [2.24, 2.45) is 5.41 Å². The minimum Gasteiger partial charge on any atom is -0.382 e. The van der Waals surface area contributed by atoms with Gasteiger partial charge in [-0.25, -0.2) is 0 Å². The molecule has 0 amide bonds. The Balaban J connectivity index is 0. The molecule has 0 aromatic heterocycles. The van der Waals surface area contributed by atoms with E-state index in [1.54, 1.807) is 0 Å². The lowest BCUT2D eigenvalue weighted by Crippen LogP contribution is -2.06. The van der Waals surface area contributed by atoms with Gasteiger partial charge in [-0.3, -0.25) is 0 Å². The molecule has 0 N–H and O–H groups in total. The van der Waals surface area contributed by atoms with Gasteiger partial charge in [-0.1, -0.05) is 41.0 Å². The Bertz CT molecular complexity index is 81.6. The third-order valence-electron chi connectivity index (χ3n) is 1.42. The Morgan fingerprint density at radius 2 is 1.46 bits per heavy atom. The maximum absolute atomic E-state index is 5.23. The van der Waals surface area contributed by atoms with Crippen LogP contribution in [0.25, 0.3) is 0 Å². The molecular formula is C12H28O. The van der Waals surface area contributed by atoms with Crippen LogP contribution in [0.4, 0.5) is 0 Å². The third-order valence-corrected chi connectivity index (χ3v) is 1.42. The molecule has 1 nitrogen and oxygen atoms in total. The highest BCUT2D eigenvalue weighted by molar-refractivity contribution is 4.60. The Morgan fingerprint density at radius 3 is 1.77 bits per heavy atom. The quantitative estimate of drug-likeness (QED) is 0.599. The van der Waals surface area contributed by atoms with Crippen LogP contribution < -0.4 is 0 Å². The van der Waals surface area contributed by atoms with E-state index in [0.717, 1.165) is 13.2 Å². The highest BCUT2D eigenvalue weighted by Gasteiger charge is 2.08. The molecule has 0 atom stereocenters. The first kappa shape index (κ1) is 15.4. The molecule has 0 fully saturated rings. The second kappa shape index (κ2) is 10.0. The summed E-state index contributed by atoms with van der Waals surface area (Å²) in [5.74, 6) is 0. The largest absolute Gasteiger partial charge is 0.382 e. The van der Waals surface area contributed by atoms with Crippen molar-refractivity contribution in [3.63, 3.8) is 0 Å². The molecule has 0 saturated heterocycles. The van der Waals surface area contributed by atoms with E-state index in [4.69, 9.17) is 4.74 Å². The van der Waals surface area contributed by atoms with Crippen LogP contribution in [0.15, 0.2) is 0 Å². The minimum atomic E-state index is 0.469. The predicted octanol–water partition coefficient (Wildman–Crippen LogP) is 4.27. The summed E-state index contributed by atoms with van der Waals surface area (Å²) >= 11 is 0. The molecule has 0 aliphatic rings. The average Bonchev–Trinajstić information content (AvgIpc) is 1.98. The van der Waals surface area contributed by atoms with Crippen LogP contribution in [0.3, 0.4) is 0 Å². The van der Waals surface area contributed by atoms with Crippen molar-refractivity contribution in [2.75, 3.05) is 13.2 Å². The Kier molecular flexibility index (Phi) is 11.9. The molecule has 0 bridgehead atoms. The monoisotopic (exact) mass is 188 g/mol. The SMILES string of the molecule is CCC.CCOCCCC(C)(C)C. The number of rotatable bonds is 4. The van der Waals surface area contributed by atoms with Gasteiger partial charge in [-0.15, -0.1) is 0 Å². The van der Waals surface area contributed by atoms with Crippen molar-refractivity contribution in [1.29, 1.82) is 0 Å². The molecule has 0 aromatic rings. The van der Waals surface area contributed by atoms with Gasteiger partial charge in [0.05, 0.1) is 0 Å². The zero-order chi connectivity index (χ0) is 10.7. The first-order valence-corrected chi connectivity index (χ1v) is 5.55. The van der Waals surface area contributed by atoms with E-state index >= 15 is 0 Å². The van der Waals surface area contributed by atoms with Crippen molar-refractivity contribution in [3.8, 4) is 0 Å². The van der Waals surface area contributed by atoms with E-state index in [9.17, 15) is 0 Å². The van der Waals surface area contributed by atoms with Gasteiger partial charge < -0.3 is 4.74 Å². The highest BCUT2D eigenvalue weighted by Crippen LogP contribution is 2.19. The van der Waals surface area contributed by atoms with Crippen LogP contribution in [-0.4, -0.2) is 13.2 Å². The number of hydrogen-bond acceptors (Lipinski definition) is 1. The van der Waals surface area contributed by atoms with Crippen LogP contribution in [0.2, 0.25) is 0 Å². The van der Waals surface area contributed by atoms with Crippen molar-refractivity contribution < 1.29 is 4.74 Å². The maximum atomic E-state index is 5.23. The topological polar surface area (TPSA) is 9.23 Å². The lowest BCUT2D eigenvalue weighted by molar-refractivity contribution is 0.134. The molecule has 1 heteroatoms. The van der Waals surface area contributed by atoms with Crippen molar-refractivity contribution in [1.82, 2.24) is 0 Å². The normalized spacial score (nSPS) is 10.6. The Hall–Kier alpha value is -0.0400. The first-order chi connectivity index (χ1) is 5.97. The zero-order valence-corrected chi connectivity index (χ0v) is 10.4. The van der Waals surface area contributed by atoms with Gasteiger partial charge in [0.25, 0.3) is 0 Å². The zero-order valence-electron chi connectivity index (χ0n) is 10.4. The fourth-order valence-corrected chi connectivity index (χ4v) is 0.849. The second-order valence-electron chi connectivity index (χ2n) is 4.57. The summed E-state index contributed by atoms with van der Waals surface area (Å²) in [5, 5.41) is 0. The van der Waals surface area contributed by atoms with Gasteiger partial charge in [0.2, 0.25) is 0 Å². The minimum absolute atomic E-state index is 0.469. The molecule has 0 aliphatic heterocycles. The average molecular weight is 188 g/mol. The molecule has 0 aliphatic carbocycles. The summed E-state index contributed by atoms with van der Waals surface area (Å²) in [6.45, 7) is 14.9. The summed E-state index contributed by atoms with van der Waals surface area (Å²) in [7, 11) is 0. The molecule has 13 heavy (non-hydrogen) atoms. The molecule has 0 radical (unpaired) electrons. The summed E-state index contributed by atoms with van der Waals surface area (Å²) in [6, 6.07) is 0. The smallest absolute Gasteiger partial charge is 0.0466 e. The van der Waals surface area contributed by atoms with Crippen LogP contribution >= 0.6 is 0 Å². The first-order valence-electron chi connectivity index (χ1n) is 5.55. The summed E-state index contributed by atoms with van der Waals surface area (Å²) in [4.78, 5) is 0. The fourth-order valence-electron chi connectivity index (χ4n) is 0.849. The predicted molar refractivity (Wildman–Crippen MR) is 61.1 cm³/mol. The van der Waals surface area contributed by atoms with Gasteiger partial charge in [0.15, 0.2) is 0 Å². The molecule has 0 aromatic carbocycles. The van der Waals surface area contributed by atoms with Crippen LogP contribution in [0, 0.1) is 5.41 Å². The molecular weight excluding hydrogens is 160 g/mol. The molecule has 0 heterocycles. The molecule has 0 unspecified atom stereocenters. The van der Waals surface area contributed by atoms with E-state index in [1.165, 1.54) is 19.3 Å². The molecule has 0 spiro atoms. The molecule has 0 rings (SSSR count). The summed E-state index contributed by atoms with van der Waals surface area (Å²) in [5.41, 5.74) is 0.469. The lowest BCUT2D eigenvalue weighted by Gasteiger charge is -2.17. The number of ether oxygens (including phenoxy) is 1. The van der Waals surface area contributed by atoms with E-state index < -0.39 is 0 Å². The van der Waals surface area contributed by atoms with Gasteiger partial charge in [0, 0.05) is 13.2 Å². The van der Waals surface area contributed by atoms with Crippen LogP contribution in [-0.2, 0) is 4.74 Å². The van der Waals surface area contributed by atoms with E-state index in [-0.39, 0.29) is 0 Å². The number of hydrogen-bond donors (Lipinski definition) is 0. The van der Waals surface area contributed by atoms with E-state index in [0.29, 0.717) is 5.41 Å². The molecule has 82 valence electrons. The van der Waals surface area contributed by atoms with Crippen LogP contribution in [0.1, 0.15) is 60.8 Å². The second-order valence-corrected chi connectivity index (χ2v) is 4.57. The van der Waals surface area contributed by atoms with Crippen molar-refractivity contribution in [3.05, 3.63) is 0 Å². The van der Waals surface area contributed by atoms with Gasteiger partial charge in [-0.2, -0.15) is 0 Å². The highest BCUT2D eigenvalue weighted by atomic mass is 16.5. The fraction of sp³-hybridized carbons (Fsp3) is 1.00. The molecule has 0 saturated carbocycles. The lowest BCUT2D eigenvalue weighted by atomic mass is 9.91. The Morgan fingerprint density at radius 1 is 1.00 bits per heavy atom. The van der Waals surface area contributed by atoms with Crippen molar-refractivity contribution in [2.45, 2.75) is 60.8 Å². The maximum Gasteiger partial charge on any atom is 0.0466 e. The van der Waals surface area contributed by atoms with Gasteiger partial charge >= 0.3 is 0 Å².